The van der Waals surface area contributed by atoms with Crippen LogP contribution >= 0.6 is 0 Å². The van der Waals surface area contributed by atoms with E-state index in [2.05, 4.69) is 17.1 Å². The van der Waals surface area contributed by atoms with Crippen LogP contribution in [0, 0.1) is 16.0 Å². The Labute approximate surface area is 182 Å². The van der Waals surface area contributed by atoms with Crippen molar-refractivity contribution in [3.05, 3.63) is 22.2 Å². The normalized spacial score (nSPS) is 23.1. The van der Waals surface area contributed by atoms with Gasteiger partial charge in [0.25, 0.3) is 0 Å². The number of nitrogens with zero attached hydrogens (tertiary/aromatic N) is 5. The molecule has 0 saturated carbocycles. The summed E-state index contributed by atoms with van der Waals surface area (Å²) < 4.78 is 5.65. The first-order valence-electron chi connectivity index (χ1n) is 11.3. The van der Waals surface area contributed by atoms with Crippen LogP contribution < -0.4 is 15.1 Å². The Hall–Kier alpha value is -2.46. The van der Waals surface area contributed by atoms with E-state index in [4.69, 9.17) is 9.72 Å². The van der Waals surface area contributed by atoms with Crippen molar-refractivity contribution in [3.8, 4) is 0 Å². The quantitative estimate of drug-likeness (QED) is 0.548. The summed E-state index contributed by atoms with van der Waals surface area (Å²) in [6, 6.07) is 3.30. The minimum absolute atomic E-state index is 0.0505. The van der Waals surface area contributed by atoms with Gasteiger partial charge < -0.3 is 24.8 Å². The lowest BCUT2D eigenvalue weighted by Crippen LogP contribution is -2.50. The lowest BCUT2D eigenvalue weighted by atomic mass is 9.99. The first-order valence-corrected chi connectivity index (χ1v) is 11.3. The number of ether oxygens (including phenoxy) is 1. The number of hydrogen-bond acceptors (Lipinski definition) is 8. The number of pyridine rings is 1. The number of hydrogen-bond donors (Lipinski definition) is 1. The fraction of sp³-hybridized carbons (Fsp3) is 0.714. The van der Waals surface area contributed by atoms with E-state index in [1.165, 1.54) is 0 Å². The van der Waals surface area contributed by atoms with Gasteiger partial charge in [-0.1, -0.05) is 6.92 Å². The maximum atomic E-state index is 12.6. The summed E-state index contributed by atoms with van der Waals surface area (Å²) in [5.74, 6) is 1.97. The van der Waals surface area contributed by atoms with Gasteiger partial charge in [-0.3, -0.25) is 14.9 Å². The van der Waals surface area contributed by atoms with Crippen LogP contribution in [0.5, 0.6) is 0 Å². The third kappa shape index (κ3) is 5.24. The fourth-order valence-electron chi connectivity index (χ4n) is 4.46. The van der Waals surface area contributed by atoms with E-state index in [-0.39, 0.29) is 22.6 Å². The molecule has 10 nitrogen and oxygen atoms in total. The standard InChI is InChI=1S/C21H32N6O4/c1-16-4-7-26(8-5-16)21-18(27(29)30)2-3-19(23-21)24-9-11-25(12-10-24)20(28)14-17-15-22-6-13-31-17/h2-3,16-17,22H,4-15H2,1H3. The summed E-state index contributed by atoms with van der Waals surface area (Å²) in [5, 5.41) is 14.8. The molecule has 170 valence electrons. The molecule has 4 rings (SSSR count). The topological polar surface area (TPSA) is 104 Å². The summed E-state index contributed by atoms with van der Waals surface area (Å²) in [7, 11) is 0. The third-order valence-corrected chi connectivity index (χ3v) is 6.48. The summed E-state index contributed by atoms with van der Waals surface area (Å²) in [6.45, 7) is 8.57. The molecule has 1 unspecified atom stereocenters. The summed E-state index contributed by atoms with van der Waals surface area (Å²) in [6.07, 6.45) is 2.39. The summed E-state index contributed by atoms with van der Waals surface area (Å²) in [4.78, 5) is 34.6. The van der Waals surface area contributed by atoms with E-state index in [9.17, 15) is 14.9 Å². The number of nitro groups is 1. The molecule has 0 spiro atoms. The molecule has 3 aliphatic heterocycles. The highest BCUT2D eigenvalue weighted by atomic mass is 16.6. The number of anilines is 2. The predicted molar refractivity (Wildman–Crippen MR) is 118 cm³/mol. The predicted octanol–water partition coefficient (Wildman–Crippen LogP) is 1.25. The molecule has 10 heteroatoms. The van der Waals surface area contributed by atoms with Gasteiger partial charge in [-0.25, -0.2) is 4.98 Å². The number of aromatic nitrogens is 1. The highest BCUT2D eigenvalue weighted by molar-refractivity contribution is 5.77. The number of piperidine rings is 1. The molecular weight excluding hydrogens is 400 g/mol. The van der Waals surface area contributed by atoms with Gasteiger partial charge in [0, 0.05) is 58.4 Å². The van der Waals surface area contributed by atoms with Gasteiger partial charge in [0.1, 0.15) is 5.82 Å². The Balaban J connectivity index is 1.39. The Kier molecular flexibility index (Phi) is 6.86. The molecule has 0 aromatic carbocycles. The monoisotopic (exact) mass is 432 g/mol. The lowest BCUT2D eigenvalue weighted by molar-refractivity contribution is -0.384. The smallest absolute Gasteiger partial charge is 0.311 e. The Morgan fingerprint density at radius 3 is 2.58 bits per heavy atom. The van der Waals surface area contributed by atoms with Crippen molar-refractivity contribution in [1.29, 1.82) is 0 Å². The molecule has 0 radical (unpaired) electrons. The molecule has 0 bridgehead atoms. The molecule has 1 aromatic rings. The van der Waals surface area contributed by atoms with Crippen molar-refractivity contribution in [3.63, 3.8) is 0 Å². The van der Waals surface area contributed by atoms with Crippen LogP contribution in [0.1, 0.15) is 26.2 Å². The Bertz CT molecular complexity index is 784. The molecule has 3 fully saturated rings. The van der Waals surface area contributed by atoms with Gasteiger partial charge >= 0.3 is 5.69 Å². The van der Waals surface area contributed by atoms with Crippen LogP contribution in [0.15, 0.2) is 12.1 Å². The van der Waals surface area contributed by atoms with Gasteiger partial charge in [-0.2, -0.15) is 0 Å². The largest absolute Gasteiger partial charge is 0.375 e. The highest BCUT2D eigenvalue weighted by Gasteiger charge is 2.29. The van der Waals surface area contributed by atoms with Gasteiger partial charge in [0.15, 0.2) is 0 Å². The Morgan fingerprint density at radius 1 is 1.19 bits per heavy atom. The van der Waals surface area contributed by atoms with E-state index >= 15 is 0 Å². The van der Waals surface area contributed by atoms with Gasteiger partial charge in [0.05, 0.1) is 24.1 Å². The zero-order valence-electron chi connectivity index (χ0n) is 18.2. The molecule has 1 aromatic heterocycles. The van der Waals surface area contributed by atoms with E-state index in [1.807, 2.05) is 9.80 Å². The van der Waals surface area contributed by atoms with Crippen molar-refractivity contribution >= 4 is 23.2 Å². The van der Waals surface area contributed by atoms with Crippen molar-refractivity contribution in [1.82, 2.24) is 15.2 Å². The van der Waals surface area contributed by atoms with Crippen molar-refractivity contribution in [2.24, 2.45) is 5.92 Å². The second-order valence-electron chi connectivity index (χ2n) is 8.71. The van der Waals surface area contributed by atoms with Gasteiger partial charge in [-0.05, 0) is 24.8 Å². The van der Waals surface area contributed by atoms with E-state index in [1.54, 1.807) is 12.1 Å². The number of rotatable bonds is 5. The first kappa shape index (κ1) is 21.8. The number of carbonyl (C=O) groups excluding carboxylic acids is 1. The molecular formula is C21H32N6O4. The third-order valence-electron chi connectivity index (χ3n) is 6.48. The van der Waals surface area contributed by atoms with Crippen LogP contribution in [-0.4, -0.2) is 85.8 Å². The van der Waals surface area contributed by atoms with Crippen molar-refractivity contribution < 1.29 is 14.5 Å². The second-order valence-corrected chi connectivity index (χ2v) is 8.71. The van der Waals surface area contributed by atoms with E-state index < -0.39 is 0 Å². The molecule has 1 atom stereocenters. The van der Waals surface area contributed by atoms with Crippen molar-refractivity contribution in [2.75, 3.05) is 68.8 Å². The lowest BCUT2D eigenvalue weighted by Gasteiger charge is -2.37. The molecule has 4 heterocycles. The molecule has 1 amide bonds. The van der Waals surface area contributed by atoms with Crippen LogP contribution in [0.3, 0.4) is 0 Å². The highest BCUT2D eigenvalue weighted by Crippen LogP contribution is 2.32. The molecule has 0 aliphatic carbocycles. The van der Waals surface area contributed by atoms with E-state index in [0.29, 0.717) is 50.9 Å². The summed E-state index contributed by atoms with van der Waals surface area (Å²) >= 11 is 0. The fourth-order valence-corrected chi connectivity index (χ4v) is 4.46. The molecule has 3 aliphatic rings. The number of nitrogens with one attached hydrogen (secondary N) is 1. The number of piperazine rings is 1. The minimum Gasteiger partial charge on any atom is -0.375 e. The molecule has 3 saturated heterocycles. The zero-order chi connectivity index (χ0) is 21.8. The molecule has 31 heavy (non-hydrogen) atoms. The number of carbonyl (C=O) groups is 1. The SMILES string of the molecule is CC1CCN(c2nc(N3CCN(C(=O)CC4CNCCO4)CC3)ccc2[N+](=O)[O-])CC1. The van der Waals surface area contributed by atoms with Crippen LogP contribution in [0.25, 0.3) is 0 Å². The van der Waals surface area contributed by atoms with Crippen LogP contribution in [-0.2, 0) is 9.53 Å². The first-order chi connectivity index (χ1) is 15.0. The van der Waals surface area contributed by atoms with E-state index in [0.717, 1.165) is 44.8 Å². The van der Waals surface area contributed by atoms with Crippen molar-refractivity contribution in [2.45, 2.75) is 32.3 Å². The maximum Gasteiger partial charge on any atom is 0.311 e. The maximum absolute atomic E-state index is 12.6. The molecule has 1 N–H and O–H groups in total. The Morgan fingerprint density at radius 2 is 1.94 bits per heavy atom. The van der Waals surface area contributed by atoms with Crippen LogP contribution in [0.4, 0.5) is 17.3 Å². The number of amides is 1. The van der Waals surface area contributed by atoms with Gasteiger partial charge in [-0.15, -0.1) is 0 Å². The van der Waals surface area contributed by atoms with Gasteiger partial charge in [0.2, 0.25) is 11.7 Å². The number of morpholine rings is 1. The average Bonchev–Trinajstić information content (AvgIpc) is 2.80. The zero-order valence-corrected chi connectivity index (χ0v) is 18.2. The average molecular weight is 433 g/mol. The summed E-state index contributed by atoms with van der Waals surface area (Å²) in [5.41, 5.74) is 0.0632. The second kappa shape index (κ2) is 9.78. The van der Waals surface area contributed by atoms with Crippen LogP contribution in [0.2, 0.25) is 0 Å². The minimum atomic E-state index is -0.344.